The molecule has 0 amide bonds. The normalized spacial score (nSPS) is 39.3. The molecule has 3 heteroatoms. The van der Waals surface area contributed by atoms with Crippen molar-refractivity contribution in [1.82, 2.24) is 9.80 Å². The molecule has 1 heterocycles. The lowest BCUT2D eigenvalue weighted by atomic mass is 9.91. The zero-order valence-corrected chi connectivity index (χ0v) is 12.5. The van der Waals surface area contributed by atoms with E-state index >= 15 is 0 Å². The molecule has 0 radical (unpaired) electrons. The maximum absolute atomic E-state index is 6.17. The zero-order valence-electron chi connectivity index (χ0n) is 12.5. The minimum atomic E-state index is 0.328. The number of hydrogen-bond acceptors (Lipinski definition) is 3. The van der Waals surface area contributed by atoms with Crippen LogP contribution in [0, 0.1) is 5.92 Å². The van der Waals surface area contributed by atoms with Crippen molar-refractivity contribution in [2.24, 2.45) is 11.7 Å². The van der Waals surface area contributed by atoms with Crippen LogP contribution >= 0.6 is 0 Å². The van der Waals surface area contributed by atoms with Gasteiger partial charge in [-0.1, -0.05) is 20.3 Å². The Hall–Kier alpha value is -0.120. The summed E-state index contributed by atoms with van der Waals surface area (Å²) in [6.07, 6.45) is 5.36. The highest BCUT2D eigenvalue weighted by Crippen LogP contribution is 2.40. The lowest BCUT2D eigenvalue weighted by Gasteiger charge is -2.48. The van der Waals surface area contributed by atoms with Crippen LogP contribution in [0.25, 0.3) is 0 Å². The van der Waals surface area contributed by atoms with Gasteiger partial charge in [0.2, 0.25) is 0 Å². The van der Waals surface area contributed by atoms with Crippen molar-refractivity contribution in [3.05, 3.63) is 0 Å². The van der Waals surface area contributed by atoms with Gasteiger partial charge in [0, 0.05) is 37.8 Å². The fraction of sp³-hybridized carbons (Fsp3) is 1.00. The summed E-state index contributed by atoms with van der Waals surface area (Å²) in [6.45, 7) is 12.6. The van der Waals surface area contributed by atoms with E-state index in [0.717, 1.165) is 12.5 Å². The molecule has 2 aliphatic rings. The maximum Gasteiger partial charge on any atom is 0.0335 e. The number of piperazine rings is 1. The molecule has 18 heavy (non-hydrogen) atoms. The first-order valence-corrected chi connectivity index (χ1v) is 7.84. The van der Waals surface area contributed by atoms with Crippen molar-refractivity contribution in [1.29, 1.82) is 0 Å². The van der Waals surface area contributed by atoms with Gasteiger partial charge in [-0.25, -0.2) is 0 Å². The molecule has 3 nitrogen and oxygen atoms in total. The van der Waals surface area contributed by atoms with Gasteiger partial charge < -0.3 is 5.73 Å². The molecule has 2 N–H and O–H groups in total. The summed E-state index contributed by atoms with van der Waals surface area (Å²) in [7, 11) is 0. The highest BCUT2D eigenvalue weighted by atomic mass is 15.3. The third kappa shape index (κ3) is 2.59. The van der Waals surface area contributed by atoms with E-state index in [1.165, 1.54) is 51.9 Å². The molecule has 1 saturated heterocycles. The molecule has 106 valence electrons. The second-order valence-corrected chi connectivity index (χ2v) is 6.37. The average molecular weight is 253 g/mol. The van der Waals surface area contributed by atoms with E-state index in [9.17, 15) is 0 Å². The maximum atomic E-state index is 6.17. The molecule has 0 spiro atoms. The predicted molar refractivity (Wildman–Crippen MR) is 77.7 cm³/mol. The van der Waals surface area contributed by atoms with E-state index in [0.29, 0.717) is 11.6 Å². The lowest BCUT2D eigenvalue weighted by Crippen LogP contribution is -2.61. The topological polar surface area (TPSA) is 32.5 Å². The SMILES string of the molecule is CCC1CCC(CN)(N2CCN(CC)C(C)C2)C1. The van der Waals surface area contributed by atoms with Crippen LogP contribution < -0.4 is 5.73 Å². The van der Waals surface area contributed by atoms with Crippen LogP contribution in [0.4, 0.5) is 0 Å². The second kappa shape index (κ2) is 5.89. The van der Waals surface area contributed by atoms with E-state index in [-0.39, 0.29) is 0 Å². The third-order valence-corrected chi connectivity index (χ3v) is 5.49. The van der Waals surface area contributed by atoms with Gasteiger partial charge in [0.15, 0.2) is 0 Å². The Labute approximate surface area is 113 Å². The Kier molecular flexibility index (Phi) is 4.68. The summed E-state index contributed by atoms with van der Waals surface area (Å²) < 4.78 is 0. The number of hydrogen-bond donors (Lipinski definition) is 1. The predicted octanol–water partition coefficient (Wildman–Crippen LogP) is 1.92. The van der Waals surface area contributed by atoms with Gasteiger partial charge in [-0.15, -0.1) is 0 Å². The molecule has 0 aromatic carbocycles. The van der Waals surface area contributed by atoms with Crippen LogP contribution in [0.15, 0.2) is 0 Å². The fourth-order valence-corrected chi connectivity index (χ4v) is 4.06. The lowest BCUT2D eigenvalue weighted by molar-refractivity contribution is 0.0109. The summed E-state index contributed by atoms with van der Waals surface area (Å²) in [6, 6.07) is 0.688. The van der Waals surface area contributed by atoms with Crippen molar-refractivity contribution in [3.63, 3.8) is 0 Å². The molecule has 2 fully saturated rings. The van der Waals surface area contributed by atoms with Crippen LogP contribution in [-0.2, 0) is 0 Å². The molecule has 0 aromatic rings. The molecular formula is C15H31N3. The first kappa shape index (κ1) is 14.3. The average Bonchev–Trinajstić information content (AvgIpc) is 2.83. The number of nitrogens with two attached hydrogens (primary N) is 1. The summed E-state index contributed by atoms with van der Waals surface area (Å²) in [5, 5.41) is 0. The second-order valence-electron chi connectivity index (χ2n) is 6.37. The summed E-state index contributed by atoms with van der Waals surface area (Å²) in [5.41, 5.74) is 6.50. The van der Waals surface area contributed by atoms with Crippen LogP contribution in [0.3, 0.4) is 0 Å². The van der Waals surface area contributed by atoms with E-state index in [2.05, 4.69) is 30.6 Å². The molecule has 3 atom stereocenters. The van der Waals surface area contributed by atoms with Crippen LogP contribution in [-0.4, -0.2) is 54.1 Å². The van der Waals surface area contributed by atoms with Gasteiger partial charge in [0.25, 0.3) is 0 Å². The van der Waals surface area contributed by atoms with Crippen molar-refractivity contribution >= 4 is 0 Å². The molecule has 3 unspecified atom stereocenters. The first-order valence-electron chi connectivity index (χ1n) is 7.84. The van der Waals surface area contributed by atoms with Crippen molar-refractivity contribution < 1.29 is 0 Å². The molecule has 1 saturated carbocycles. The smallest absolute Gasteiger partial charge is 0.0335 e. The molecule has 1 aliphatic carbocycles. The van der Waals surface area contributed by atoms with E-state index < -0.39 is 0 Å². The minimum Gasteiger partial charge on any atom is -0.329 e. The van der Waals surface area contributed by atoms with E-state index in [1.807, 2.05) is 0 Å². The first-order chi connectivity index (χ1) is 8.65. The number of rotatable bonds is 4. The zero-order chi connectivity index (χ0) is 13.2. The molecular weight excluding hydrogens is 222 g/mol. The molecule has 2 rings (SSSR count). The third-order valence-electron chi connectivity index (χ3n) is 5.49. The van der Waals surface area contributed by atoms with Gasteiger partial charge in [0.05, 0.1) is 0 Å². The quantitative estimate of drug-likeness (QED) is 0.831. The number of nitrogens with zero attached hydrogens (tertiary/aromatic N) is 2. The Morgan fingerprint density at radius 1 is 1.28 bits per heavy atom. The van der Waals surface area contributed by atoms with Gasteiger partial charge in [-0.05, 0) is 38.6 Å². The number of likely N-dealkylation sites (N-methyl/N-ethyl adjacent to an activating group) is 1. The van der Waals surface area contributed by atoms with Crippen LogP contribution in [0.1, 0.15) is 46.5 Å². The summed E-state index contributed by atoms with van der Waals surface area (Å²) >= 11 is 0. The van der Waals surface area contributed by atoms with Crippen LogP contribution in [0.2, 0.25) is 0 Å². The standard InChI is InChI=1S/C15H31N3/c1-4-14-6-7-15(10-14,12-16)18-9-8-17(5-2)13(3)11-18/h13-14H,4-12,16H2,1-3H3. The van der Waals surface area contributed by atoms with Gasteiger partial charge in [0.1, 0.15) is 0 Å². The Balaban J connectivity index is 2.01. The highest BCUT2D eigenvalue weighted by Gasteiger charge is 2.43. The van der Waals surface area contributed by atoms with Gasteiger partial charge >= 0.3 is 0 Å². The summed E-state index contributed by atoms with van der Waals surface area (Å²) in [5.74, 6) is 0.910. The van der Waals surface area contributed by atoms with E-state index in [1.54, 1.807) is 0 Å². The summed E-state index contributed by atoms with van der Waals surface area (Å²) in [4.78, 5) is 5.31. The van der Waals surface area contributed by atoms with Crippen molar-refractivity contribution in [2.75, 3.05) is 32.7 Å². The van der Waals surface area contributed by atoms with Crippen molar-refractivity contribution in [2.45, 2.75) is 58.0 Å². The molecule has 0 aromatic heterocycles. The largest absolute Gasteiger partial charge is 0.329 e. The molecule has 0 bridgehead atoms. The molecule has 1 aliphatic heterocycles. The Morgan fingerprint density at radius 3 is 2.56 bits per heavy atom. The van der Waals surface area contributed by atoms with E-state index in [4.69, 9.17) is 5.73 Å². The van der Waals surface area contributed by atoms with Crippen molar-refractivity contribution in [3.8, 4) is 0 Å². The monoisotopic (exact) mass is 253 g/mol. The fourth-order valence-electron chi connectivity index (χ4n) is 4.06. The van der Waals surface area contributed by atoms with Crippen LogP contribution in [0.5, 0.6) is 0 Å². The van der Waals surface area contributed by atoms with Gasteiger partial charge in [-0.3, -0.25) is 9.80 Å². The Bertz CT molecular complexity index is 268. The van der Waals surface area contributed by atoms with Gasteiger partial charge in [-0.2, -0.15) is 0 Å². The minimum absolute atomic E-state index is 0.328. The highest BCUT2D eigenvalue weighted by molar-refractivity contribution is 5.01. The Morgan fingerprint density at radius 2 is 2.06 bits per heavy atom.